The molecule has 2 unspecified atom stereocenters. The summed E-state index contributed by atoms with van der Waals surface area (Å²) in [6.07, 6.45) is 8.98. The Morgan fingerprint density at radius 2 is 2.03 bits per heavy atom. The molecular formula is C22H20Cl2N4O. The van der Waals surface area contributed by atoms with E-state index >= 15 is 0 Å². The fraction of sp³-hybridized carbons (Fsp3) is 0.318. The van der Waals surface area contributed by atoms with Crippen molar-refractivity contribution in [2.24, 2.45) is 10.9 Å². The van der Waals surface area contributed by atoms with Crippen molar-refractivity contribution in [2.75, 3.05) is 6.54 Å². The Hall–Kier alpha value is -2.37. The highest BCUT2D eigenvalue weighted by Gasteiger charge is 2.42. The number of rotatable bonds is 2. The van der Waals surface area contributed by atoms with Crippen LogP contribution in [0.15, 0.2) is 58.9 Å². The lowest BCUT2D eigenvalue weighted by Gasteiger charge is -2.34. The third-order valence-corrected chi connectivity index (χ3v) is 6.70. The fourth-order valence-corrected chi connectivity index (χ4v) is 4.88. The smallest absolute Gasteiger partial charge is 0.238 e. The van der Waals surface area contributed by atoms with Crippen molar-refractivity contribution >= 4 is 40.6 Å². The van der Waals surface area contributed by atoms with Gasteiger partial charge in [0.1, 0.15) is 5.92 Å². The molecule has 29 heavy (non-hydrogen) atoms. The zero-order valence-electron chi connectivity index (χ0n) is 16.0. The molecule has 3 heterocycles. The zero-order chi connectivity index (χ0) is 20.1. The molecule has 2 aliphatic heterocycles. The van der Waals surface area contributed by atoms with Gasteiger partial charge in [-0.25, -0.2) is 9.67 Å². The van der Waals surface area contributed by atoms with Crippen LogP contribution in [0.1, 0.15) is 37.8 Å². The Labute approximate surface area is 179 Å². The molecule has 3 aliphatic rings. The maximum atomic E-state index is 13.8. The van der Waals surface area contributed by atoms with Gasteiger partial charge in [0.25, 0.3) is 0 Å². The monoisotopic (exact) mass is 426 g/mol. The Balaban J connectivity index is 1.60. The van der Waals surface area contributed by atoms with E-state index < -0.39 is 5.92 Å². The first kappa shape index (κ1) is 18.6. The van der Waals surface area contributed by atoms with E-state index in [1.54, 1.807) is 12.3 Å². The van der Waals surface area contributed by atoms with E-state index in [1.807, 2.05) is 34.7 Å². The second-order valence-electron chi connectivity index (χ2n) is 7.65. The first-order valence-corrected chi connectivity index (χ1v) is 10.5. The highest BCUT2D eigenvalue weighted by atomic mass is 35.5. The quantitative estimate of drug-likeness (QED) is 0.650. The molecule has 0 saturated carbocycles. The van der Waals surface area contributed by atoms with Crippen LogP contribution in [0.5, 0.6) is 0 Å². The van der Waals surface area contributed by atoms with Crippen LogP contribution < -0.4 is 0 Å². The number of amides is 1. The summed E-state index contributed by atoms with van der Waals surface area (Å²) in [5.74, 6) is 0.336. The van der Waals surface area contributed by atoms with Crippen molar-refractivity contribution in [3.05, 3.63) is 69.5 Å². The number of nitrogens with zero attached hydrogens (tertiary/aromatic N) is 4. The van der Waals surface area contributed by atoms with Gasteiger partial charge in [0.15, 0.2) is 5.82 Å². The number of carbonyl (C=O) groups is 1. The molecule has 0 spiro atoms. The van der Waals surface area contributed by atoms with Crippen LogP contribution in [0.3, 0.4) is 0 Å². The number of benzene rings is 1. The lowest BCUT2D eigenvalue weighted by molar-refractivity contribution is -0.131. The second-order valence-corrected chi connectivity index (χ2v) is 8.47. The molecule has 0 fully saturated rings. The van der Waals surface area contributed by atoms with Gasteiger partial charge in [-0.05, 0) is 55.5 Å². The van der Waals surface area contributed by atoms with Gasteiger partial charge >= 0.3 is 0 Å². The highest BCUT2D eigenvalue weighted by Crippen LogP contribution is 2.41. The highest BCUT2D eigenvalue weighted by molar-refractivity contribution is 6.42. The average molecular weight is 427 g/mol. The van der Waals surface area contributed by atoms with E-state index in [4.69, 9.17) is 23.2 Å². The van der Waals surface area contributed by atoms with Crippen LogP contribution in [-0.4, -0.2) is 32.8 Å². The van der Waals surface area contributed by atoms with Crippen molar-refractivity contribution in [3.8, 4) is 0 Å². The molecule has 0 N–H and O–H groups in total. The third kappa shape index (κ3) is 3.04. The average Bonchev–Trinajstić information content (AvgIpc) is 3.35. The molecule has 0 radical (unpaired) electrons. The molecule has 5 nitrogen and oxygen atoms in total. The number of fused-ring (bicyclic) bond motifs is 1. The molecular weight excluding hydrogens is 407 g/mol. The maximum absolute atomic E-state index is 13.8. The zero-order valence-corrected chi connectivity index (χ0v) is 17.5. The van der Waals surface area contributed by atoms with Crippen molar-refractivity contribution in [3.63, 3.8) is 0 Å². The predicted octanol–water partition coefficient (Wildman–Crippen LogP) is 5.34. The minimum Gasteiger partial charge on any atom is -0.312 e. The maximum Gasteiger partial charge on any atom is 0.238 e. The molecule has 2 atom stereocenters. The van der Waals surface area contributed by atoms with Gasteiger partial charge in [0, 0.05) is 24.0 Å². The van der Waals surface area contributed by atoms with Gasteiger partial charge in [0.2, 0.25) is 5.91 Å². The minimum absolute atomic E-state index is 0.0556. The Morgan fingerprint density at radius 1 is 1.17 bits per heavy atom. The summed E-state index contributed by atoms with van der Waals surface area (Å²) in [6, 6.07) is 7.05. The van der Waals surface area contributed by atoms with Crippen LogP contribution in [0, 0.1) is 5.92 Å². The number of halogens is 2. The van der Waals surface area contributed by atoms with E-state index in [-0.39, 0.29) is 11.9 Å². The fourth-order valence-electron chi connectivity index (χ4n) is 4.57. The summed E-state index contributed by atoms with van der Waals surface area (Å²) >= 11 is 12.5. The van der Waals surface area contributed by atoms with Gasteiger partial charge in [0.05, 0.1) is 22.3 Å². The van der Waals surface area contributed by atoms with Crippen molar-refractivity contribution in [2.45, 2.75) is 32.2 Å². The number of aliphatic imine (C=N–C) groups is 1. The van der Waals surface area contributed by atoms with E-state index in [0.717, 1.165) is 48.6 Å². The molecule has 148 valence electrons. The van der Waals surface area contributed by atoms with Crippen LogP contribution in [-0.2, 0) is 4.79 Å². The SMILES string of the molecule is CC1=Nc2ccnn2C(c2ccc(Cl)c(Cl)c2)C1C(=O)N1CCC2=C1C=CCC2. The number of aromatic nitrogens is 2. The second kappa shape index (κ2) is 7.15. The van der Waals surface area contributed by atoms with Crippen molar-refractivity contribution < 1.29 is 4.79 Å². The van der Waals surface area contributed by atoms with Crippen molar-refractivity contribution in [1.82, 2.24) is 14.7 Å². The molecule has 1 aromatic heterocycles. The third-order valence-electron chi connectivity index (χ3n) is 5.97. The molecule has 5 rings (SSSR count). The van der Waals surface area contributed by atoms with Gasteiger partial charge in [-0.1, -0.05) is 35.3 Å². The summed E-state index contributed by atoms with van der Waals surface area (Å²) < 4.78 is 1.82. The molecule has 1 aromatic carbocycles. The van der Waals surface area contributed by atoms with Crippen LogP contribution in [0.2, 0.25) is 10.0 Å². The van der Waals surface area contributed by atoms with E-state index in [1.165, 1.54) is 5.57 Å². The summed E-state index contributed by atoms with van der Waals surface area (Å²) in [7, 11) is 0. The number of carbonyl (C=O) groups excluding carboxylic acids is 1. The topological polar surface area (TPSA) is 50.5 Å². The normalized spacial score (nSPS) is 23.1. The van der Waals surface area contributed by atoms with E-state index in [2.05, 4.69) is 22.2 Å². The van der Waals surface area contributed by atoms with Gasteiger partial charge in [-0.3, -0.25) is 4.79 Å². The Morgan fingerprint density at radius 3 is 2.86 bits per heavy atom. The molecule has 7 heteroatoms. The van der Waals surface area contributed by atoms with Crippen LogP contribution in [0.25, 0.3) is 0 Å². The molecule has 1 amide bonds. The predicted molar refractivity (Wildman–Crippen MR) is 115 cm³/mol. The van der Waals surface area contributed by atoms with E-state index in [9.17, 15) is 4.79 Å². The molecule has 0 bridgehead atoms. The molecule has 1 aliphatic carbocycles. The lowest BCUT2D eigenvalue weighted by Crippen LogP contribution is -2.43. The molecule has 0 saturated heterocycles. The number of hydrogen-bond acceptors (Lipinski definition) is 3. The van der Waals surface area contributed by atoms with Crippen LogP contribution >= 0.6 is 23.2 Å². The number of allylic oxidation sites excluding steroid dienone is 2. The Bertz CT molecular complexity index is 1100. The minimum atomic E-state index is -0.457. The molecule has 2 aromatic rings. The summed E-state index contributed by atoms with van der Waals surface area (Å²) in [6.45, 7) is 2.64. The van der Waals surface area contributed by atoms with Gasteiger partial charge in [-0.15, -0.1) is 0 Å². The van der Waals surface area contributed by atoms with Crippen molar-refractivity contribution in [1.29, 1.82) is 0 Å². The van der Waals surface area contributed by atoms with Gasteiger partial charge in [-0.2, -0.15) is 5.10 Å². The lowest BCUT2D eigenvalue weighted by atomic mass is 9.87. The Kier molecular flexibility index (Phi) is 4.60. The van der Waals surface area contributed by atoms with E-state index in [0.29, 0.717) is 10.0 Å². The van der Waals surface area contributed by atoms with Gasteiger partial charge < -0.3 is 4.90 Å². The summed E-state index contributed by atoms with van der Waals surface area (Å²) in [5, 5.41) is 5.43. The first-order valence-electron chi connectivity index (χ1n) is 9.78. The largest absolute Gasteiger partial charge is 0.312 e. The number of hydrogen-bond donors (Lipinski definition) is 0. The van der Waals surface area contributed by atoms with Crippen LogP contribution in [0.4, 0.5) is 5.82 Å². The first-order chi connectivity index (χ1) is 14.0. The standard InChI is InChI=1S/C22H20Cl2N4O/c1-13-20(22(29)27-11-9-14-4-2-3-5-18(14)27)21(28-19(26-13)8-10-25-28)15-6-7-16(23)17(24)12-15/h3,5-8,10,12,20-21H,2,4,9,11H2,1H3. The summed E-state index contributed by atoms with van der Waals surface area (Å²) in [4.78, 5) is 20.4. The summed E-state index contributed by atoms with van der Waals surface area (Å²) in [5.41, 5.74) is 4.11.